The lowest BCUT2D eigenvalue weighted by molar-refractivity contribution is -0.385. The second-order valence-corrected chi connectivity index (χ2v) is 6.56. The Bertz CT molecular complexity index is 471. The molecule has 5 heteroatoms. The normalized spacial score (nSPS) is 22.7. The van der Waals surface area contributed by atoms with Gasteiger partial charge in [-0.2, -0.15) is 0 Å². The highest BCUT2D eigenvalue weighted by atomic mass is 79.9. The van der Waals surface area contributed by atoms with Crippen molar-refractivity contribution in [2.24, 2.45) is 11.8 Å². The van der Waals surface area contributed by atoms with Gasteiger partial charge in [-0.05, 0) is 52.7 Å². The Labute approximate surface area is 128 Å². The molecule has 0 saturated heterocycles. The van der Waals surface area contributed by atoms with Gasteiger partial charge in [-0.25, -0.2) is 0 Å². The van der Waals surface area contributed by atoms with Crippen LogP contribution in [0.5, 0.6) is 0 Å². The van der Waals surface area contributed by atoms with E-state index in [0.717, 1.165) is 23.9 Å². The molecule has 0 radical (unpaired) electrons. The summed E-state index contributed by atoms with van der Waals surface area (Å²) in [7, 11) is 0. The van der Waals surface area contributed by atoms with Gasteiger partial charge in [-0.1, -0.05) is 31.9 Å². The highest BCUT2D eigenvalue weighted by Crippen LogP contribution is 2.29. The van der Waals surface area contributed by atoms with Crippen LogP contribution in [0.2, 0.25) is 0 Å². The van der Waals surface area contributed by atoms with Crippen LogP contribution in [0, 0.1) is 22.0 Å². The van der Waals surface area contributed by atoms with E-state index in [9.17, 15) is 10.1 Å². The first-order chi connectivity index (χ1) is 9.58. The maximum absolute atomic E-state index is 10.9. The lowest BCUT2D eigenvalue weighted by Crippen LogP contribution is -2.25. The molecular weight excluding hydrogens is 320 g/mol. The fourth-order valence-corrected chi connectivity index (χ4v) is 3.34. The van der Waals surface area contributed by atoms with E-state index in [4.69, 9.17) is 0 Å². The van der Waals surface area contributed by atoms with E-state index in [-0.39, 0.29) is 10.6 Å². The smallest absolute Gasteiger partial charge is 0.283 e. The standard InChI is InChI=1S/C15H21BrN2O2/c1-11-5-7-12(8-6-11)9-17-10-13-3-2-4-14(15(13)16)18(19)20/h2-4,11-12,17H,5-10H2,1H3. The summed E-state index contributed by atoms with van der Waals surface area (Å²) in [6.45, 7) is 4.00. The maximum Gasteiger partial charge on any atom is 0.283 e. The van der Waals surface area contributed by atoms with Crippen LogP contribution < -0.4 is 5.32 Å². The molecule has 2 rings (SSSR count). The molecule has 0 bridgehead atoms. The predicted octanol–water partition coefficient (Wildman–Crippen LogP) is 4.27. The van der Waals surface area contributed by atoms with Gasteiger partial charge in [0.1, 0.15) is 0 Å². The Hall–Kier alpha value is -0.940. The van der Waals surface area contributed by atoms with Crippen LogP contribution in [-0.4, -0.2) is 11.5 Å². The zero-order chi connectivity index (χ0) is 14.5. The lowest BCUT2D eigenvalue weighted by Gasteiger charge is -2.26. The average molecular weight is 341 g/mol. The molecule has 0 aromatic heterocycles. The molecule has 1 aromatic carbocycles. The average Bonchev–Trinajstić information content (AvgIpc) is 2.42. The number of rotatable bonds is 5. The number of nitro benzene ring substituents is 1. The van der Waals surface area contributed by atoms with E-state index in [1.54, 1.807) is 6.07 Å². The van der Waals surface area contributed by atoms with Gasteiger partial charge in [0.15, 0.2) is 0 Å². The Balaban J connectivity index is 1.85. The molecule has 0 heterocycles. The molecule has 1 N–H and O–H groups in total. The maximum atomic E-state index is 10.9. The number of nitro groups is 1. The highest BCUT2D eigenvalue weighted by molar-refractivity contribution is 9.10. The van der Waals surface area contributed by atoms with Crippen molar-refractivity contribution in [1.82, 2.24) is 5.32 Å². The Morgan fingerprint density at radius 3 is 2.70 bits per heavy atom. The van der Waals surface area contributed by atoms with Crippen molar-refractivity contribution < 1.29 is 4.92 Å². The Morgan fingerprint density at radius 2 is 2.05 bits per heavy atom. The summed E-state index contributed by atoms with van der Waals surface area (Å²) in [6, 6.07) is 5.19. The van der Waals surface area contributed by atoms with Crippen LogP contribution in [0.3, 0.4) is 0 Å². The fraction of sp³-hybridized carbons (Fsp3) is 0.600. The van der Waals surface area contributed by atoms with Crippen molar-refractivity contribution in [3.8, 4) is 0 Å². The van der Waals surface area contributed by atoms with Gasteiger partial charge in [0.25, 0.3) is 5.69 Å². The molecule has 1 fully saturated rings. The second kappa shape index (κ2) is 7.18. The second-order valence-electron chi connectivity index (χ2n) is 5.76. The summed E-state index contributed by atoms with van der Waals surface area (Å²) >= 11 is 3.33. The van der Waals surface area contributed by atoms with Gasteiger partial charge in [0.2, 0.25) is 0 Å². The summed E-state index contributed by atoms with van der Waals surface area (Å²) in [4.78, 5) is 10.5. The third kappa shape index (κ3) is 4.03. The van der Waals surface area contributed by atoms with Gasteiger partial charge in [0.05, 0.1) is 9.40 Å². The number of hydrogen-bond donors (Lipinski definition) is 1. The number of hydrogen-bond acceptors (Lipinski definition) is 3. The molecule has 20 heavy (non-hydrogen) atoms. The first-order valence-electron chi connectivity index (χ1n) is 7.20. The minimum absolute atomic E-state index is 0.135. The zero-order valence-corrected chi connectivity index (χ0v) is 13.4. The third-order valence-corrected chi connectivity index (χ3v) is 5.05. The van der Waals surface area contributed by atoms with E-state index in [1.165, 1.54) is 31.7 Å². The highest BCUT2D eigenvalue weighted by Gasteiger charge is 2.18. The molecule has 4 nitrogen and oxygen atoms in total. The zero-order valence-electron chi connectivity index (χ0n) is 11.8. The van der Waals surface area contributed by atoms with E-state index >= 15 is 0 Å². The first kappa shape index (κ1) is 15.4. The molecule has 0 amide bonds. The molecular formula is C15H21BrN2O2. The van der Waals surface area contributed by atoms with Crippen molar-refractivity contribution in [3.05, 3.63) is 38.3 Å². The van der Waals surface area contributed by atoms with Gasteiger partial charge in [-0.3, -0.25) is 10.1 Å². The van der Waals surface area contributed by atoms with E-state index in [2.05, 4.69) is 28.2 Å². The molecule has 1 saturated carbocycles. The quantitative estimate of drug-likeness (QED) is 0.643. The summed E-state index contributed by atoms with van der Waals surface area (Å²) < 4.78 is 0.592. The topological polar surface area (TPSA) is 55.2 Å². The van der Waals surface area contributed by atoms with Crippen molar-refractivity contribution in [2.45, 2.75) is 39.2 Å². The van der Waals surface area contributed by atoms with Crippen molar-refractivity contribution >= 4 is 21.6 Å². The Morgan fingerprint density at radius 1 is 1.35 bits per heavy atom. The Kier molecular flexibility index (Phi) is 5.54. The van der Waals surface area contributed by atoms with Crippen LogP contribution in [0.15, 0.2) is 22.7 Å². The van der Waals surface area contributed by atoms with Gasteiger partial charge in [-0.15, -0.1) is 0 Å². The van der Waals surface area contributed by atoms with Gasteiger partial charge < -0.3 is 5.32 Å². The van der Waals surface area contributed by atoms with Gasteiger partial charge in [0, 0.05) is 12.6 Å². The van der Waals surface area contributed by atoms with Crippen molar-refractivity contribution in [2.75, 3.05) is 6.54 Å². The molecule has 1 aliphatic carbocycles. The van der Waals surface area contributed by atoms with E-state index in [0.29, 0.717) is 11.0 Å². The summed E-state index contributed by atoms with van der Waals surface area (Å²) in [5.41, 5.74) is 1.08. The molecule has 0 spiro atoms. The summed E-state index contributed by atoms with van der Waals surface area (Å²) in [5, 5.41) is 14.3. The summed E-state index contributed by atoms with van der Waals surface area (Å²) in [5.74, 6) is 1.63. The third-order valence-electron chi connectivity index (χ3n) is 4.14. The molecule has 0 aliphatic heterocycles. The van der Waals surface area contributed by atoms with Crippen molar-refractivity contribution in [3.63, 3.8) is 0 Å². The molecule has 1 aromatic rings. The van der Waals surface area contributed by atoms with E-state index < -0.39 is 0 Å². The van der Waals surface area contributed by atoms with Gasteiger partial charge >= 0.3 is 0 Å². The van der Waals surface area contributed by atoms with Crippen LogP contribution in [0.25, 0.3) is 0 Å². The minimum Gasteiger partial charge on any atom is -0.312 e. The molecule has 1 aliphatic rings. The molecule has 0 atom stereocenters. The number of nitrogens with zero attached hydrogens (tertiary/aromatic N) is 1. The molecule has 0 unspecified atom stereocenters. The van der Waals surface area contributed by atoms with E-state index in [1.807, 2.05) is 6.07 Å². The lowest BCUT2D eigenvalue weighted by atomic mass is 9.83. The van der Waals surface area contributed by atoms with Crippen LogP contribution >= 0.6 is 15.9 Å². The largest absolute Gasteiger partial charge is 0.312 e. The molecule has 110 valence electrons. The minimum atomic E-state index is -0.351. The monoisotopic (exact) mass is 340 g/mol. The first-order valence-corrected chi connectivity index (χ1v) is 7.99. The number of nitrogens with one attached hydrogen (secondary N) is 1. The van der Waals surface area contributed by atoms with Crippen LogP contribution in [0.4, 0.5) is 5.69 Å². The van der Waals surface area contributed by atoms with Crippen LogP contribution in [0.1, 0.15) is 38.2 Å². The summed E-state index contributed by atoms with van der Waals surface area (Å²) in [6.07, 6.45) is 5.24. The number of benzene rings is 1. The van der Waals surface area contributed by atoms with Crippen molar-refractivity contribution in [1.29, 1.82) is 0 Å². The fourth-order valence-electron chi connectivity index (χ4n) is 2.79. The van der Waals surface area contributed by atoms with Crippen LogP contribution in [-0.2, 0) is 6.54 Å². The number of halogens is 1. The SMILES string of the molecule is CC1CCC(CNCc2cccc([N+](=O)[O-])c2Br)CC1. The predicted molar refractivity (Wildman–Crippen MR) is 83.6 cm³/mol.